The fourth-order valence-electron chi connectivity index (χ4n) is 3.63. The quantitative estimate of drug-likeness (QED) is 0.674. The van der Waals surface area contributed by atoms with Crippen molar-refractivity contribution in [2.24, 2.45) is 0 Å². The SMILES string of the molecule is CC(C)N(Cc1ccccc1)c1ccnc(N2CCc3ccccc3C2)n1. The fraction of sp³-hybridized carbons (Fsp3) is 0.304. The molecule has 1 aromatic heterocycles. The minimum atomic E-state index is 0.357. The van der Waals surface area contributed by atoms with Gasteiger partial charge in [-0.1, -0.05) is 54.6 Å². The van der Waals surface area contributed by atoms with Crippen molar-refractivity contribution in [3.63, 3.8) is 0 Å². The molecule has 4 rings (SSSR count). The van der Waals surface area contributed by atoms with Gasteiger partial charge in [-0.15, -0.1) is 0 Å². The number of fused-ring (bicyclic) bond motifs is 1. The average Bonchev–Trinajstić information content (AvgIpc) is 2.72. The third kappa shape index (κ3) is 3.95. The summed E-state index contributed by atoms with van der Waals surface area (Å²) in [6.07, 6.45) is 2.93. The predicted molar refractivity (Wildman–Crippen MR) is 111 cm³/mol. The number of aromatic nitrogens is 2. The van der Waals surface area contributed by atoms with Gasteiger partial charge in [0.15, 0.2) is 0 Å². The van der Waals surface area contributed by atoms with Crippen molar-refractivity contribution in [1.29, 1.82) is 0 Å². The highest BCUT2D eigenvalue weighted by Gasteiger charge is 2.20. The summed E-state index contributed by atoms with van der Waals surface area (Å²) in [6, 6.07) is 21.6. The monoisotopic (exact) mass is 358 g/mol. The number of benzene rings is 2. The Hall–Kier alpha value is -2.88. The lowest BCUT2D eigenvalue weighted by Gasteiger charge is -2.31. The van der Waals surface area contributed by atoms with Crippen LogP contribution in [0.15, 0.2) is 66.9 Å². The van der Waals surface area contributed by atoms with Crippen molar-refractivity contribution >= 4 is 11.8 Å². The molecule has 1 aliphatic rings. The maximum atomic E-state index is 4.93. The maximum absolute atomic E-state index is 4.93. The Balaban J connectivity index is 1.58. The van der Waals surface area contributed by atoms with Crippen molar-refractivity contribution in [3.8, 4) is 0 Å². The van der Waals surface area contributed by atoms with Crippen LogP contribution >= 0.6 is 0 Å². The van der Waals surface area contributed by atoms with Crippen LogP contribution in [0.4, 0.5) is 11.8 Å². The molecule has 0 amide bonds. The van der Waals surface area contributed by atoms with Crippen LogP contribution in [0, 0.1) is 0 Å². The van der Waals surface area contributed by atoms with E-state index >= 15 is 0 Å². The molecular formula is C23H26N4. The van der Waals surface area contributed by atoms with E-state index in [9.17, 15) is 0 Å². The summed E-state index contributed by atoms with van der Waals surface area (Å²) >= 11 is 0. The van der Waals surface area contributed by atoms with Gasteiger partial charge in [0, 0.05) is 31.9 Å². The summed E-state index contributed by atoms with van der Waals surface area (Å²) in [4.78, 5) is 14.1. The molecule has 2 aromatic carbocycles. The minimum Gasteiger partial charge on any atom is -0.350 e. The Kier molecular flexibility index (Phi) is 5.05. The fourth-order valence-corrected chi connectivity index (χ4v) is 3.63. The molecular weight excluding hydrogens is 332 g/mol. The Morgan fingerprint density at radius 2 is 1.70 bits per heavy atom. The molecule has 4 nitrogen and oxygen atoms in total. The van der Waals surface area contributed by atoms with E-state index in [1.54, 1.807) is 0 Å². The van der Waals surface area contributed by atoms with Crippen molar-refractivity contribution in [3.05, 3.63) is 83.6 Å². The van der Waals surface area contributed by atoms with Crippen molar-refractivity contribution in [2.45, 2.75) is 39.4 Å². The first kappa shape index (κ1) is 17.5. The van der Waals surface area contributed by atoms with Gasteiger partial charge in [0.25, 0.3) is 0 Å². The molecule has 27 heavy (non-hydrogen) atoms. The zero-order valence-electron chi connectivity index (χ0n) is 16.0. The highest BCUT2D eigenvalue weighted by atomic mass is 15.3. The number of hydrogen-bond donors (Lipinski definition) is 0. The molecule has 2 heterocycles. The summed E-state index contributed by atoms with van der Waals surface area (Å²) in [6.45, 7) is 7.10. The van der Waals surface area contributed by atoms with Crippen molar-refractivity contribution in [1.82, 2.24) is 9.97 Å². The molecule has 0 bridgehead atoms. The third-order valence-electron chi connectivity index (χ3n) is 5.16. The highest BCUT2D eigenvalue weighted by molar-refractivity contribution is 5.47. The van der Waals surface area contributed by atoms with Gasteiger partial charge in [-0.3, -0.25) is 0 Å². The first-order chi connectivity index (χ1) is 13.2. The van der Waals surface area contributed by atoms with E-state index in [1.165, 1.54) is 16.7 Å². The molecule has 0 saturated heterocycles. The number of anilines is 2. The van der Waals surface area contributed by atoms with Gasteiger partial charge in [0.1, 0.15) is 5.82 Å². The Morgan fingerprint density at radius 3 is 2.48 bits per heavy atom. The summed E-state index contributed by atoms with van der Waals surface area (Å²) in [7, 11) is 0. The topological polar surface area (TPSA) is 32.3 Å². The van der Waals surface area contributed by atoms with E-state index in [-0.39, 0.29) is 0 Å². The molecule has 0 unspecified atom stereocenters. The first-order valence-electron chi connectivity index (χ1n) is 9.66. The lowest BCUT2D eigenvalue weighted by molar-refractivity contribution is 0.663. The van der Waals surface area contributed by atoms with Crippen LogP contribution in [0.1, 0.15) is 30.5 Å². The van der Waals surface area contributed by atoms with Crippen molar-refractivity contribution in [2.75, 3.05) is 16.3 Å². The lowest BCUT2D eigenvalue weighted by atomic mass is 10.0. The summed E-state index contributed by atoms with van der Waals surface area (Å²) in [5, 5.41) is 0. The van der Waals surface area contributed by atoms with Gasteiger partial charge in [0.05, 0.1) is 0 Å². The molecule has 138 valence electrons. The number of rotatable bonds is 5. The smallest absolute Gasteiger partial charge is 0.227 e. The van der Waals surface area contributed by atoms with Crippen LogP contribution in [0.2, 0.25) is 0 Å². The van der Waals surface area contributed by atoms with Crippen LogP contribution in [0.25, 0.3) is 0 Å². The summed E-state index contributed by atoms with van der Waals surface area (Å²) in [5.74, 6) is 1.80. The Bertz CT molecular complexity index is 892. The van der Waals surface area contributed by atoms with E-state index in [0.29, 0.717) is 6.04 Å². The second-order valence-corrected chi connectivity index (χ2v) is 7.36. The normalized spacial score (nSPS) is 13.5. The van der Waals surface area contributed by atoms with Crippen LogP contribution in [0.5, 0.6) is 0 Å². The van der Waals surface area contributed by atoms with E-state index in [4.69, 9.17) is 4.98 Å². The van der Waals surface area contributed by atoms with Crippen molar-refractivity contribution < 1.29 is 0 Å². The molecule has 0 spiro atoms. The van der Waals surface area contributed by atoms with Gasteiger partial charge < -0.3 is 9.80 Å². The van der Waals surface area contributed by atoms with Gasteiger partial charge in [-0.05, 0) is 43.0 Å². The standard InChI is InChI=1S/C23H26N4/c1-18(2)27(16-19-8-4-3-5-9-19)22-12-14-24-23(25-22)26-15-13-20-10-6-7-11-21(20)17-26/h3-12,14,18H,13,15-17H2,1-2H3. The largest absolute Gasteiger partial charge is 0.350 e. The molecule has 0 radical (unpaired) electrons. The van der Waals surface area contributed by atoms with E-state index < -0.39 is 0 Å². The predicted octanol–water partition coefficient (Wildman–Crippen LogP) is 4.45. The molecule has 4 heteroatoms. The molecule has 0 aliphatic carbocycles. The van der Waals surface area contributed by atoms with E-state index in [1.807, 2.05) is 12.3 Å². The summed E-state index contributed by atoms with van der Waals surface area (Å²) in [5.41, 5.74) is 4.11. The van der Waals surface area contributed by atoms with Crippen LogP contribution in [-0.2, 0) is 19.5 Å². The maximum Gasteiger partial charge on any atom is 0.227 e. The number of hydrogen-bond acceptors (Lipinski definition) is 4. The number of nitrogens with zero attached hydrogens (tertiary/aromatic N) is 4. The molecule has 0 N–H and O–H groups in total. The first-order valence-corrected chi connectivity index (χ1v) is 9.66. The zero-order valence-corrected chi connectivity index (χ0v) is 16.0. The van der Waals surface area contributed by atoms with Crippen LogP contribution in [-0.4, -0.2) is 22.6 Å². The molecule has 0 atom stereocenters. The highest BCUT2D eigenvalue weighted by Crippen LogP contribution is 2.24. The van der Waals surface area contributed by atoms with Gasteiger partial charge in [-0.2, -0.15) is 4.98 Å². The molecule has 1 aliphatic heterocycles. The second-order valence-electron chi connectivity index (χ2n) is 7.36. The molecule has 3 aromatic rings. The minimum absolute atomic E-state index is 0.357. The van der Waals surface area contributed by atoms with Gasteiger partial charge in [-0.25, -0.2) is 4.98 Å². The zero-order chi connectivity index (χ0) is 18.6. The van der Waals surface area contributed by atoms with E-state index in [2.05, 4.69) is 83.2 Å². The lowest BCUT2D eigenvalue weighted by Crippen LogP contribution is -2.34. The molecule has 0 saturated carbocycles. The Morgan fingerprint density at radius 1 is 0.963 bits per heavy atom. The molecule has 0 fully saturated rings. The van der Waals surface area contributed by atoms with Gasteiger partial charge >= 0.3 is 0 Å². The third-order valence-corrected chi connectivity index (χ3v) is 5.16. The summed E-state index contributed by atoms with van der Waals surface area (Å²) < 4.78 is 0. The van der Waals surface area contributed by atoms with Crippen LogP contribution < -0.4 is 9.80 Å². The van der Waals surface area contributed by atoms with E-state index in [0.717, 1.165) is 37.8 Å². The van der Waals surface area contributed by atoms with Crippen LogP contribution in [0.3, 0.4) is 0 Å². The van der Waals surface area contributed by atoms with Gasteiger partial charge in [0.2, 0.25) is 5.95 Å². The second kappa shape index (κ2) is 7.78. The average molecular weight is 358 g/mol. The Labute approximate surface area is 161 Å².